The highest BCUT2D eigenvalue weighted by Crippen LogP contribution is 2.32. The van der Waals surface area contributed by atoms with E-state index in [1.54, 1.807) is 0 Å². The van der Waals surface area contributed by atoms with E-state index in [0.29, 0.717) is 24.4 Å². The second-order valence-electron chi connectivity index (χ2n) is 8.46. The molecule has 29 heavy (non-hydrogen) atoms. The van der Waals surface area contributed by atoms with Crippen molar-refractivity contribution in [1.82, 2.24) is 5.32 Å². The minimum atomic E-state index is -0.321. The topological polar surface area (TPSA) is 38.3 Å². The molecule has 1 amide bonds. The molecule has 0 heterocycles. The van der Waals surface area contributed by atoms with Crippen LogP contribution in [-0.2, 0) is 11.3 Å². The molecule has 154 valence electrons. The lowest BCUT2D eigenvalue weighted by Gasteiger charge is -2.29. The van der Waals surface area contributed by atoms with Gasteiger partial charge in [0.05, 0.1) is 0 Å². The van der Waals surface area contributed by atoms with Gasteiger partial charge in [0, 0.05) is 6.04 Å². The first-order valence-electron chi connectivity index (χ1n) is 10.8. The van der Waals surface area contributed by atoms with Crippen molar-refractivity contribution in [1.29, 1.82) is 0 Å². The zero-order valence-electron chi connectivity index (χ0n) is 17.6. The number of benzene rings is 2. The molecule has 0 saturated carbocycles. The molecule has 1 aliphatic rings. The molecule has 3 nitrogen and oxygen atoms in total. The van der Waals surface area contributed by atoms with Gasteiger partial charge in [-0.3, -0.25) is 0 Å². The van der Waals surface area contributed by atoms with Crippen LogP contribution in [0.4, 0.5) is 4.79 Å². The smallest absolute Gasteiger partial charge is 0.407 e. The molecule has 0 radical (unpaired) electrons. The van der Waals surface area contributed by atoms with Crippen molar-refractivity contribution >= 4 is 6.09 Å². The van der Waals surface area contributed by atoms with Crippen LogP contribution in [0.2, 0.25) is 0 Å². The summed E-state index contributed by atoms with van der Waals surface area (Å²) in [7, 11) is 0. The fourth-order valence-corrected chi connectivity index (χ4v) is 4.24. The molecule has 2 aromatic rings. The molecule has 0 bridgehead atoms. The maximum atomic E-state index is 12.5. The second kappa shape index (κ2) is 10.8. The van der Waals surface area contributed by atoms with Gasteiger partial charge in [0.15, 0.2) is 0 Å². The summed E-state index contributed by atoms with van der Waals surface area (Å²) in [6.07, 6.45) is 8.39. The van der Waals surface area contributed by atoms with Crippen LogP contribution in [0, 0.1) is 11.8 Å². The Hall–Kier alpha value is -2.55. The maximum Gasteiger partial charge on any atom is 0.407 e. The summed E-state index contributed by atoms with van der Waals surface area (Å²) < 4.78 is 5.49. The minimum Gasteiger partial charge on any atom is -0.445 e. The van der Waals surface area contributed by atoms with Crippen molar-refractivity contribution in [2.24, 2.45) is 11.8 Å². The zero-order valence-corrected chi connectivity index (χ0v) is 17.6. The third-order valence-corrected chi connectivity index (χ3v) is 5.72. The molecular weight excluding hydrogens is 358 g/mol. The van der Waals surface area contributed by atoms with Gasteiger partial charge in [-0.2, -0.15) is 0 Å². The molecule has 2 aromatic carbocycles. The number of carbonyl (C=O) groups is 1. The van der Waals surface area contributed by atoms with Gasteiger partial charge >= 0.3 is 6.09 Å². The van der Waals surface area contributed by atoms with Crippen LogP contribution in [0.1, 0.15) is 56.6 Å². The van der Waals surface area contributed by atoms with Crippen LogP contribution in [0.3, 0.4) is 0 Å². The van der Waals surface area contributed by atoms with E-state index < -0.39 is 0 Å². The van der Waals surface area contributed by atoms with E-state index in [2.05, 4.69) is 61.6 Å². The molecule has 0 fully saturated rings. The Labute approximate surface area is 175 Å². The average Bonchev–Trinajstić information content (AvgIpc) is 2.73. The first-order valence-corrected chi connectivity index (χ1v) is 10.8. The van der Waals surface area contributed by atoms with Gasteiger partial charge in [0.25, 0.3) is 0 Å². The number of hydrogen-bond acceptors (Lipinski definition) is 2. The molecule has 0 aromatic heterocycles. The first kappa shape index (κ1) is 21.2. The van der Waals surface area contributed by atoms with Crippen molar-refractivity contribution in [3.63, 3.8) is 0 Å². The van der Waals surface area contributed by atoms with Crippen molar-refractivity contribution in [2.75, 3.05) is 0 Å². The molecule has 1 aliphatic carbocycles. The molecule has 0 spiro atoms. The van der Waals surface area contributed by atoms with Crippen LogP contribution in [0.5, 0.6) is 0 Å². The van der Waals surface area contributed by atoms with Gasteiger partial charge in [-0.25, -0.2) is 4.79 Å². The summed E-state index contributed by atoms with van der Waals surface area (Å²) in [5.41, 5.74) is 2.36. The van der Waals surface area contributed by atoms with E-state index in [1.807, 2.05) is 30.3 Å². The summed E-state index contributed by atoms with van der Waals surface area (Å²) in [4.78, 5) is 12.5. The molecule has 3 rings (SSSR count). The number of hydrogen-bond donors (Lipinski definition) is 1. The Morgan fingerprint density at radius 3 is 2.38 bits per heavy atom. The van der Waals surface area contributed by atoms with E-state index in [9.17, 15) is 4.79 Å². The predicted octanol–water partition coefficient (Wildman–Crippen LogP) is 6.47. The quantitative estimate of drug-likeness (QED) is 0.607. The number of alkyl carbamates (subject to hydrolysis) is 1. The third kappa shape index (κ3) is 7.08. The Balaban J connectivity index is 1.68. The van der Waals surface area contributed by atoms with Crippen molar-refractivity contribution < 1.29 is 9.53 Å². The summed E-state index contributed by atoms with van der Waals surface area (Å²) >= 11 is 0. The zero-order chi connectivity index (χ0) is 20.5. The highest BCUT2D eigenvalue weighted by molar-refractivity contribution is 5.67. The van der Waals surface area contributed by atoms with Gasteiger partial charge in [0.1, 0.15) is 6.61 Å². The molecule has 3 heteroatoms. The van der Waals surface area contributed by atoms with E-state index in [0.717, 1.165) is 31.2 Å². The summed E-state index contributed by atoms with van der Waals surface area (Å²) in [5.74, 6) is 1.46. The van der Waals surface area contributed by atoms with Gasteiger partial charge in [0.2, 0.25) is 0 Å². The first-order chi connectivity index (χ1) is 14.1. The number of ether oxygens (including phenoxy) is 1. The van der Waals surface area contributed by atoms with E-state index in [-0.39, 0.29) is 12.1 Å². The Bertz CT molecular complexity index is 772. The van der Waals surface area contributed by atoms with Crippen LogP contribution in [-0.4, -0.2) is 12.1 Å². The summed E-state index contributed by atoms with van der Waals surface area (Å²) in [6.45, 7) is 4.85. The number of rotatable bonds is 4. The minimum absolute atomic E-state index is 0.108. The summed E-state index contributed by atoms with van der Waals surface area (Å²) in [6, 6.07) is 20.6. The Morgan fingerprint density at radius 1 is 0.966 bits per heavy atom. The Kier molecular flexibility index (Phi) is 7.92. The van der Waals surface area contributed by atoms with E-state index in [4.69, 9.17) is 4.74 Å². The SMILES string of the molecule is CC1/C=C\CC(C)CC(NC(=O)OCc2ccccc2)CC(c2ccccc2)C1. The number of carbonyl (C=O) groups excluding carboxylic acids is 1. The second-order valence-corrected chi connectivity index (χ2v) is 8.46. The van der Waals surface area contributed by atoms with Crippen LogP contribution < -0.4 is 5.32 Å². The Morgan fingerprint density at radius 2 is 1.66 bits per heavy atom. The van der Waals surface area contributed by atoms with Crippen molar-refractivity contribution in [2.45, 2.75) is 58.1 Å². The molecule has 0 aliphatic heterocycles. The fourth-order valence-electron chi connectivity index (χ4n) is 4.24. The third-order valence-electron chi connectivity index (χ3n) is 5.72. The molecule has 4 unspecified atom stereocenters. The van der Waals surface area contributed by atoms with Crippen molar-refractivity contribution in [3.05, 3.63) is 83.9 Å². The largest absolute Gasteiger partial charge is 0.445 e. The van der Waals surface area contributed by atoms with Gasteiger partial charge in [-0.1, -0.05) is 86.7 Å². The van der Waals surface area contributed by atoms with Gasteiger partial charge in [-0.15, -0.1) is 0 Å². The van der Waals surface area contributed by atoms with Gasteiger partial charge in [-0.05, 0) is 54.6 Å². The van der Waals surface area contributed by atoms with Gasteiger partial charge < -0.3 is 10.1 Å². The highest BCUT2D eigenvalue weighted by Gasteiger charge is 2.24. The van der Waals surface area contributed by atoms with E-state index in [1.165, 1.54) is 5.56 Å². The number of nitrogens with one attached hydrogen (secondary N) is 1. The van der Waals surface area contributed by atoms with Crippen LogP contribution in [0.25, 0.3) is 0 Å². The lowest BCUT2D eigenvalue weighted by Crippen LogP contribution is -2.38. The number of allylic oxidation sites excluding steroid dienone is 2. The molecule has 1 N–H and O–H groups in total. The molecule has 4 atom stereocenters. The average molecular weight is 392 g/mol. The lowest BCUT2D eigenvalue weighted by molar-refractivity contribution is 0.132. The fraction of sp³-hybridized carbons (Fsp3) is 0.423. The monoisotopic (exact) mass is 391 g/mol. The lowest BCUT2D eigenvalue weighted by atomic mass is 9.81. The molecular formula is C26H33NO2. The van der Waals surface area contributed by atoms with Crippen molar-refractivity contribution in [3.8, 4) is 0 Å². The van der Waals surface area contributed by atoms with Crippen LogP contribution in [0.15, 0.2) is 72.8 Å². The van der Waals surface area contributed by atoms with Crippen LogP contribution >= 0.6 is 0 Å². The number of amides is 1. The van der Waals surface area contributed by atoms with E-state index >= 15 is 0 Å². The standard InChI is InChI=1S/C26H33NO2/c1-20-10-9-11-21(2)17-25(18-24(16-20)23-14-7-4-8-15-23)27-26(28)29-19-22-12-5-3-6-13-22/h3-10,12-15,20-21,24-25H,11,16-19H2,1-2H3,(H,27,28)/b10-9-. The predicted molar refractivity (Wildman–Crippen MR) is 119 cm³/mol. The normalized spacial score (nSPS) is 26.3. The highest BCUT2D eigenvalue weighted by atomic mass is 16.5. The molecule has 0 saturated heterocycles. The maximum absolute atomic E-state index is 12.5. The summed E-state index contributed by atoms with van der Waals surface area (Å²) in [5, 5.41) is 3.16.